The molecule has 33 heavy (non-hydrogen) atoms. The molecule has 2 aromatic heterocycles. The van der Waals surface area contributed by atoms with Gasteiger partial charge >= 0.3 is 0 Å². The number of hydrogen-bond acceptors (Lipinski definition) is 6. The largest absolute Gasteiger partial charge is 0.365 e. The topological polar surface area (TPSA) is 56.1 Å². The van der Waals surface area contributed by atoms with E-state index in [1.807, 2.05) is 30.0 Å². The number of aromatic nitrogens is 4. The molecule has 1 atom stereocenters. The normalized spacial score (nSPS) is 21.6. The van der Waals surface area contributed by atoms with Crippen LogP contribution >= 0.6 is 35.0 Å². The number of aryl methyl sites for hydroxylation is 2. The fourth-order valence-electron chi connectivity index (χ4n) is 5.50. The van der Waals surface area contributed by atoms with Crippen molar-refractivity contribution in [3.63, 3.8) is 0 Å². The number of nitrogens with zero attached hydrogens (tertiary/aromatic N) is 5. The Balaban J connectivity index is 1.41. The van der Waals surface area contributed by atoms with Gasteiger partial charge in [-0.05, 0) is 49.6 Å². The van der Waals surface area contributed by atoms with E-state index in [4.69, 9.17) is 37.9 Å². The Morgan fingerprint density at radius 1 is 1.15 bits per heavy atom. The second kappa shape index (κ2) is 8.15. The van der Waals surface area contributed by atoms with Crippen molar-refractivity contribution >= 4 is 40.8 Å². The molecular weight excluding hydrogens is 477 g/mol. The van der Waals surface area contributed by atoms with Crippen LogP contribution in [0.1, 0.15) is 46.6 Å². The summed E-state index contributed by atoms with van der Waals surface area (Å²) in [7, 11) is 0. The first-order chi connectivity index (χ1) is 16.0. The molecule has 0 saturated carbocycles. The molecule has 6 nitrogen and oxygen atoms in total. The molecule has 0 saturated heterocycles. The van der Waals surface area contributed by atoms with Crippen LogP contribution in [0.3, 0.4) is 0 Å². The van der Waals surface area contributed by atoms with Crippen LogP contribution in [-0.2, 0) is 42.9 Å². The van der Waals surface area contributed by atoms with Crippen LogP contribution in [0, 0.1) is 6.92 Å². The Morgan fingerprint density at radius 2 is 2.03 bits per heavy atom. The molecule has 1 aliphatic carbocycles. The minimum Gasteiger partial charge on any atom is -0.365 e. The first-order valence-electron chi connectivity index (χ1n) is 11.3. The molecular formula is C24H25Cl2N5OS. The van der Waals surface area contributed by atoms with Crippen LogP contribution < -0.4 is 4.90 Å². The Hall–Kier alpha value is -1.80. The standard InChI is InChI=1S/C24H25Cl2N5OS/c1-14-21(26)20-12-30(9-4-10-31(20)29-14)22-16-13-32-24(11-19(16)27-23(28-22)33-2)8-7-15-17(24)5-3-6-18(15)25/h3,5-6H,4,7-13H2,1-2H3/t24-/m0/s1. The Kier molecular flexibility index (Phi) is 5.36. The summed E-state index contributed by atoms with van der Waals surface area (Å²) in [6.45, 7) is 4.89. The van der Waals surface area contributed by atoms with Gasteiger partial charge in [0.1, 0.15) is 5.82 Å². The van der Waals surface area contributed by atoms with Crippen LogP contribution in [0.25, 0.3) is 0 Å². The molecule has 4 heterocycles. The number of benzene rings is 1. The summed E-state index contributed by atoms with van der Waals surface area (Å²) in [5.41, 5.74) is 6.19. The van der Waals surface area contributed by atoms with Crippen molar-refractivity contribution in [2.75, 3.05) is 17.7 Å². The predicted molar refractivity (Wildman–Crippen MR) is 131 cm³/mol. The molecule has 0 bridgehead atoms. The van der Waals surface area contributed by atoms with Gasteiger partial charge in [0.25, 0.3) is 0 Å². The maximum Gasteiger partial charge on any atom is 0.189 e. The van der Waals surface area contributed by atoms with Crippen LogP contribution in [0.5, 0.6) is 0 Å². The van der Waals surface area contributed by atoms with Crippen molar-refractivity contribution < 1.29 is 4.74 Å². The van der Waals surface area contributed by atoms with Gasteiger partial charge < -0.3 is 9.64 Å². The molecule has 0 fully saturated rings. The summed E-state index contributed by atoms with van der Waals surface area (Å²) in [5, 5.41) is 7.01. The zero-order valence-corrected chi connectivity index (χ0v) is 21.0. The average molecular weight is 502 g/mol. The summed E-state index contributed by atoms with van der Waals surface area (Å²) in [6, 6.07) is 6.16. The predicted octanol–water partition coefficient (Wildman–Crippen LogP) is 5.33. The highest BCUT2D eigenvalue weighted by molar-refractivity contribution is 7.98. The highest BCUT2D eigenvalue weighted by Gasteiger charge is 2.45. The van der Waals surface area contributed by atoms with E-state index in [0.29, 0.717) is 13.2 Å². The van der Waals surface area contributed by atoms with Gasteiger partial charge in [0.15, 0.2) is 5.16 Å². The molecule has 1 aromatic carbocycles. The van der Waals surface area contributed by atoms with Crippen molar-refractivity contribution in [3.8, 4) is 0 Å². The lowest BCUT2D eigenvalue weighted by Gasteiger charge is -2.37. The Bertz CT molecular complexity index is 1260. The van der Waals surface area contributed by atoms with E-state index in [1.54, 1.807) is 11.8 Å². The van der Waals surface area contributed by atoms with Crippen molar-refractivity contribution in [2.24, 2.45) is 0 Å². The third-order valence-corrected chi connectivity index (χ3v) is 8.55. The smallest absolute Gasteiger partial charge is 0.189 e. The molecule has 0 amide bonds. The molecule has 172 valence electrons. The highest BCUT2D eigenvalue weighted by Crippen LogP contribution is 2.48. The molecule has 1 spiro atoms. The molecule has 0 unspecified atom stereocenters. The van der Waals surface area contributed by atoms with Crippen molar-refractivity contribution in [2.45, 2.75) is 63.1 Å². The molecule has 9 heteroatoms. The lowest BCUT2D eigenvalue weighted by molar-refractivity contribution is -0.0730. The fourth-order valence-corrected chi connectivity index (χ4v) is 6.35. The van der Waals surface area contributed by atoms with Crippen molar-refractivity contribution in [1.82, 2.24) is 19.7 Å². The summed E-state index contributed by atoms with van der Waals surface area (Å²) >= 11 is 14.7. The minimum atomic E-state index is -0.355. The summed E-state index contributed by atoms with van der Waals surface area (Å²) in [4.78, 5) is 12.2. The van der Waals surface area contributed by atoms with Gasteiger partial charge in [0.05, 0.1) is 40.9 Å². The van der Waals surface area contributed by atoms with Crippen LogP contribution in [0.15, 0.2) is 23.4 Å². The SMILES string of the molecule is CSc1nc2c(c(N3CCCn4nc(C)c(Cl)c4C3)n1)CO[C@@]1(CCc3c(Cl)cccc31)C2. The number of halogens is 2. The van der Waals surface area contributed by atoms with E-state index in [0.717, 1.165) is 82.4 Å². The number of fused-ring (bicyclic) bond motifs is 4. The molecule has 2 aliphatic heterocycles. The fraction of sp³-hybridized carbons (Fsp3) is 0.458. The molecule has 3 aliphatic rings. The van der Waals surface area contributed by atoms with Crippen LogP contribution in [-0.4, -0.2) is 32.5 Å². The maximum atomic E-state index is 6.65. The highest BCUT2D eigenvalue weighted by atomic mass is 35.5. The van der Waals surface area contributed by atoms with Crippen LogP contribution in [0.2, 0.25) is 10.0 Å². The number of rotatable bonds is 2. The zero-order valence-electron chi connectivity index (χ0n) is 18.7. The first-order valence-corrected chi connectivity index (χ1v) is 13.3. The Labute approximate surface area is 207 Å². The van der Waals surface area contributed by atoms with Gasteiger partial charge in [0, 0.05) is 30.1 Å². The van der Waals surface area contributed by atoms with E-state index in [-0.39, 0.29) is 5.60 Å². The van der Waals surface area contributed by atoms with Gasteiger partial charge in [-0.25, -0.2) is 9.97 Å². The monoisotopic (exact) mass is 501 g/mol. The third-order valence-electron chi connectivity index (χ3n) is 7.16. The lowest BCUT2D eigenvalue weighted by atomic mass is 9.87. The summed E-state index contributed by atoms with van der Waals surface area (Å²) < 4.78 is 8.70. The van der Waals surface area contributed by atoms with Crippen molar-refractivity contribution in [3.05, 3.63) is 62.0 Å². The number of thioether (sulfide) groups is 1. The minimum absolute atomic E-state index is 0.355. The second-order valence-corrected chi connectivity index (χ2v) is 10.6. The number of anilines is 1. The summed E-state index contributed by atoms with van der Waals surface area (Å²) in [5.74, 6) is 0.965. The quantitative estimate of drug-likeness (QED) is 0.349. The number of ether oxygens (including phenoxy) is 1. The van der Waals surface area contributed by atoms with Gasteiger partial charge in [-0.1, -0.05) is 47.1 Å². The molecule has 0 N–H and O–H groups in total. The van der Waals surface area contributed by atoms with E-state index in [9.17, 15) is 0 Å². The lowest BCUT2D eigenvalue weighted by Crippen LogP contribution is -2.36. The molecule has 3 aromatic rings. The Morgan fingerprint density at radius 3 is 2.88 bits per heavy atom. The van der Waals surface area contributed by atoms with E-state index < -0.39 is 0 Å². The van der Waals surface area contributed by atoms with Gasteiger partial charge in [-0.2, -0.15) is 5.10 Å². The van der Waals surface area contributed by atoms with Crippen molar-refractivity contribution in [1.29, 1.82) is 0 Å². The maximum absolute atomic E-state index is 6.65. The molecule has 6 rings (SSSR count). The van der Waals surface area contributed by atoms with E-state index in [2.05, 4.69) is 16.1 Å². The summed E-state index contributed by atoms with van der Waals surface area (Å²) in [6.07, 6.45) is 5.62. The number of hydrogen-bond donors (Lipinski definition) is 0. The van der Waals surface area contributed by atoms with Gasteiger partial charge in [-0.3, -0.25) is 4.68 Å². The molecule has 0 radical (unpaired) electrons. The van der Waals surface area contributed by atoms with Crippen LogP contribution in [0.4, 0.5) is 5.82 Å². The van der Waals surface area contributed by atoms with Gasteiger partial charge in [0.2, 0.25) is 0 Å². The second-order valence-electron chi connectivity index (χ2n) is 9.03. The first kappa shape index (κ1) is 21.7. The third kappa shape index (κ3) is 3.47. The average Bonchev–Trinajstić information content (AvgIpc) is 3.20. The van der Waals surface area contributed by atoms with Gasteiger partial charge in [-0.15, -0.1) is 0 Å². The van der Waals surface area contributed by atoms with E-state index >= 15 is 0 Å². The van der Waals surface area contributed by atoms with E-state index in [1.165, 1.54) is 11.1 Å². The zero-order chi connectivity index (χ0) is 22.7.